The lowest BCUT2D eigenvalue weighted by atomic mass is 10.1. The van der Waals surface area contributed by atoms with Gasteiger partial charge in [-0.1, -0.05) is 0 Å². The van der Waals surface area contributed by atoms with Crippen molar-refractivity contribution < 1.29 is 14.7 Å². The van der Waals surface area contributed by atoms with Crippen LogP contribution >= 0.6 is 11.3 Å². The lowest BCUT2D eigenvalue weighted by Gasteiger charge is -2.25. The van der Waals surface area contributed by atoms with Crippen LogP contribution in [0.1, 0.15) is 46.2 Å². The molecule has 0 saturated carbocycles. The van der Waals surface area contributed by atoms with Gasteiger partial charge in [-0.25, -0.2) is 9.78 Å². The molecule has 1 aliphatic rings. The topological polar surface area (TPSA) is 100 Å². The molecule has 1 saturated heterocycles. The molecule has 35 heavy (non-hydrogen) atoms. The summed E-state index contributed by atoms with van der Waals surface area (Å²) in [6.07, 6.45) is 8.42. The third kappa shape index (κ3) is 6.13. The normalized spacial score (nSPS) is 14.8. The van der Waals surface area contributed by atoms with Crippen LogP contribution < -0.4 is 10.2 Å². The first-order chi connectivity index (χ1) is 17.0. The maximum Gasteiger partial charge on any atom is 0.335 e. The Bertz CT molecular complexity index is 1250. The summed E-state index contributed by atoms with van der Waals surface area (Å²) in [5.41, 5.74) is 4.79. The summed E-state index contributed by atoms with van der Waals surface area (Å²) in [6.45, 7) is 3.95. The molecule has 1 atom stereocenters. The lowest BCUT2D eigenvalue weighted by molar-refractivity contribution is -0.105. The first kappa shape index (κ1) is 24.2. The smallest absolute Gasteiger partial charge is 0.335 e. The molecule has 1 aliphatic heterocycles. The van der Waals surface area contributed by atoms with Crippen molar-refractivity contribution in [2.24, 2.45) is 0 Å². The van der Waals surface area contributed by atoms with E-state index < -0.39 is 5.97 Å². The quantitative estimate of drug-likeness (QED) is 0.355. The minimum Gasteiger partial charge on any atom is -0.478 e. The van der Waals surface area contributed by atoms with Crippen molar-refractivity contribution in [1.82, 2.24) is 14.5 Å². The highest BCUT2D eigenvalue weighted by Crippen LogP contribution is 2.37. The van der Waals surface area contributed by atoms with Crippen LogP contribution in [0.5, 0.6) is 0 Å². The monoisotopic (exact) mass is 489 g/mol. The summed E-state index contributed by atoms with van der Waals surface area (Å²) in [5.74, 6) is -0.923. The number of carboxylic acids is 1. The number of aromatic nitrogens is 3. The number of amides is 1. The van der Waals surface area contributed by atoms with Crippen molar-refractivity contribution in [3.05, 3.63) is 95.0 Å². The number of carboxylic acid groups (broad SMARTS) is 1. The summed E-state index contributed by atoms with van der Waals surface area (Å²) < 4.78 is 2.22. The number of nitrogens with zero attached hydrogens (tertiary/aromatic N) is 4. The van der Waals surface area contributed by atoms with Crippen molar-refractivity contribution in [2.45, 2.75) is 32.4 Å². The molecule has 0 radical (unpaired) electrons. The van der Waals surface area contributed by atoms with Gasteiger partial charge < -0.3 is 19.9 Å². The predicted molar refractivity (Wildman–Crippen MR) is 137 cm³/mol. The molecule has 1 fully saturated rings. The van der Waals surface area contributed by atoms with Crippen molar-refractivity contribution >= 4 is 34.5 Å². The minimum atomic E-state index is -0.923. The van der Waals surface area contributed by atoms with E-state index in [1.54, 1.807) is 12.1 Å². The molecule has 0 spiro atoms. The molecule has 0 bridgehead atoms. The average molecular weight is 490 g/mol. The molecule has 8 nitrogen and oxygen atoms in total. The zero-order valence-corrected chi connectivity index (χ0v) is 20.2. The van der Waals surface area contributed by atoms with E-state index in [-0.39, 0.29) is 11.6 Å². The molecule has 4 heterocycles. The van der Waals surface area contributed by atoms with Gasteiger partial charge in [0.05, 0.1) is 17.3 Å². The standard InChI is InChI=1S/C15H15N3O3S.C11H12N2/c19-9-16-15-17-12(8-22-15)13-2-1-7-18(13)11-5-3-10(4-6-11)14(20)21;1-10-3-2-8-13(10)9-11-4-6-12-7-5-11/h3-6,8-9,13H,1-2,7H2,(H,20,21)(H,16,17,19);2-8H,9H2,1H3. The van der Waals surface area contributed by atoms with Gasteiger partial charge in [-0.05, 0) is 73.9 Å². The summed E-state index contributed by atoms with van der Waals surface area (Å²) in [5, 5.41) is 14.1. The fourth-order valence-electron chi connectivity index (χ4n) is 4.10. The summed E-state index contributed by atoms with van der Waals surface area (Å²) in [7, 11) is 0. The third-order valence-electron chi connectivity index (χ3n) is 5.90. The van der Waals surface area contributed by atoms with Gasteiger partial charge in [0.15, 0.2) is 5.13 Å². The van der Waals surface area contributed by atoms with Crippen LogP contribution in [0.15, 0.2) is 72.5 Å². The Morgan fingerprint density at radius 2 is 1.97 bits per heavy atom. The molecule has 2 N–H and O–H groups in total. The Hall–Kier alpha value is -3.98. The number of pyridine rings is 1. The van der Waals surface area contributed by atoms with E-state index in [0.717, 1.165) is 37.3 Å². The van der Waals surface area contributed by atoms with Gasteiger partial charge in [0.1, 0.15) is 0 Å². The lowest BCUT2D eigenvalue weighted by Crippen LogP contribution is -2.22. The largest absolute Gasteiger partial charge is 0.478 e. The fourth-order valence-corrected chi connectivity index (χ4v) is 4.81. The van der Waals surface area contributed by atoms with Crippen molar-refractivity contribution in [3.8, 4) is 0 Å². The van der Waals surface area contributed by atoms with E-state index in [2.05, 4.69) is 50.0 Å². The van der Waals surface area contributed by atoms with Crippen LogP contribution in [0.25, 0.3) is 0 Å². The molecule has 1 aromatic carbocycles. The van der Waals surface area contributed by atoms with Gasteiger partial charge in [-0.3, -0.25) is 9.78 Å². The molecule has 5 rings (SSSR count). The first-order valence-electron chi connectivity index (χ1n) is 11.3. The number of anilines is 2. The van der Waals surface area contributed by atoms with Crippen LogP contribution in [0, 0.1) is 6.92 Å². The molecule has 3 aromatic heterocycles. The number of rotatable bonds is 7. The number of aromatic carboxylic acids is 1. The third-order valence-corrected chi connectivity index (χ3v) is 6.69. The Morgan fingerprint density at radius 1 is 1.20 bits per heavy atom. The number of hydrogen-bond donors (Lipinski definition) is 2. The van der Waals surface area contributed by atoms with Crippen LogP contribution in [-0.2, 0) is 11.3 Å². The van der Waals surface area contributed by atoms with Gasteiger partial charge in [0.2, 0.25) is 6.41 Å². The number of nitrogens with one attached hydrogen (secondary N) is 1. The summed E-state index contributed by atoms with van der Waals surface area (Å²) >= 11 is 1.41. The van der Waals surface area contributed by atoms with Crippen LogP contribution in [0.4, 0.5) is 10.8 Å². The SMILES string of the molecule is Cc1cccn1Cc1ccncc1.O=CNc1nc(C2CCCN2c2ccc(C(=O)O)cc2)cs1. The highest BCUT2D eigenvalue weighted by molar-refractivity contribution is 7.13. The number of benzene rings is 1. The minimum absolute atomic E-state index is 0.161. The molecular formula is C26H27N5O3S. The molecule has 180 valence electrons. The second kappa shape index (κ2) is 11.4. The Morgan fingerprint density at radius 3 is 2.63 bits per heavy atom. The molecule has 0 aliphatic carbocycles. The summed E-state index contributed by atoms with van der Waals surface area (Å²) in [4.78, 5) is 32.1. The maximum absolute atomic E-state index is 10.9. The van der Waals surface area contributed by atoms with Gasteiger partial charge in [-0.2, -0.15) is 0 Å². The zero-order chi connectivity index (χ0) is 24.6. The molecule has 9 heteroatoms. The second-order valence-corrected chi connectivity index (χ2v) is 9.03. The van der Waals surface area contributed by atoms with E-state index in [9.17, 15) is 9.59 Å². The number of thiazole rings is 1. The highest BCUT2D eigenvalue weighted by Gasteiger charge is 2.28. The van der Waals surface area contributed by atoms with Crippen molar-refractivity contribution in [2.75, 3.05) is 16.8 Å². The van der Waals surface area contributed by atoms with Crippen LogP contribution in [-0.4, -0.2) is 38.6 Å². The van der Waals surface area contributed by atoms with Crippen LogP contribution in [0.3, 0.4) is 0 Å². The average Bonchev–Trinajstić information content (AvgIpc) is 3.62. The Balaban J connectivity index is 0.000000189. The number of aryl methyl sites for hydroxylation is 1. The van der Waals surface area contributed by atoms with E-state index >= 15 is 0 Å². The van der Waals surface area contributed by atoms with E-state index in [0.29, 0.717) is 11.5 Å². The maximum atomic E-state index is 10.9. The number of hydrogen-bond acceptors (Lipinski definition) is 6. The molecular weight excluding hydrogens is 462 g/mol. The van der Waals surface area contributed by atoms with Gasteiger partial charge in [-0.15, -0.1) is 11.3 Å². The van der Waals surface area contributed by atoms with E-state index in [1.165, 1.54) is 22.6 Å². The van der Waals surface area contributed by atoms with Crippen molar-refractivity contribution in [1.29, 1.82) is 0 Å². The van der Waals surface area contributed by atoms with Crippen molar-refractivity contribution in [3.63, 3.8) is 0 Å². The predicted octanol–water partition coefficient (Wildman–Crippen LogP) is 4.99. The first-order valence-corrected chi connectivity index (χ1v) is 12.2. The number of carbonyl (C=O) groups excluding carboxylic acids is 1. The van der Waals surface area contributed by atoms with Gasteiger partial charge in [0, 0.05) is 48.4 Å². The Kier molecular flexibility index (Phi) is 7.89. The Labute approximate surface area is 207 Å². The molecule has 4 aromatic rings. The van der Waals surface area contributed by atoms with Crippen LogP contribution in [0.2, 0.25) is 0 Å². The zero-order valence-electron chi connectivity index (χ0n) is 19.4. The van der Waals surface area contributed by atoms with E-state index in [4.69, 9.17) is 5.11 Å². The van der Waals surface area contributed by atoms with E-state index in [1.807, 2.05) is 42.0 Å². The summed E-state index contributed by atoms with van der Waals surface area (Å²) in [6, 6.07) is 15.3. The fraction of sp³-hybridized carbons (Fsp3) is 0.231. The van der Waals surface area contributed by atoms with Gasteiger partial charge >= 0.3 is 5.97 Å². The molecule has 1 unspecified atom stereocenters. The molecule has 1 amide bonds. The van der Waals surface area contributed by atoms with Gasteiger partial charge in [0.25, 0.3) is 0 Å². The second-order valence-electron chi connectivity index (χ2n) is 8.18. The highest BCUT2D eigenvalue weighted by atomic mass is 32.1. The number of carbonyl (C=O) groups is 2.